The number of rotatable bonds is 5. The molecule has 2 aromatic carbocycles. The first kappa shape index (κ1) is 16.9. The molecule has 0 aliphatic rings. The number of aryl methyl sites for hydroxylation is 1. The molecule has 0 radical (unpaired) electrons. The van der Waals surface area contributed by atoms with Crippen molar-refractivity contribution in [1.29, 1.82) is 0 Å². The first-order valence-electron chi connectivity index (χ1n) is 7.84. The molecule has 0 aliphatic carbocycles. The molecule has 3 N–H and O–H groups in total. The van der Waals surface area contributed by atoms with Crippen molar-refractivity contribution in [3.63, 3.8) is 0 Å². The molecule has 0 saturated carbocycles. The third-order valence-corrected chi connectivity index (χ3v) is 4.09. The van der Waals surface area contributed by atoms with Crippen LogP contribution in [0.2, 0.25) is 0 Å². The largest absolute Gasteiger partial charge is 0.506 e. The van der Waals surface area contributed by atoms with E-state index in [-0.39, 0.29) is 18.1 Å². The minimum absolute atomic E-state index is 0.0382. The minimum atomic E-state index is -0.209. The lowest BCUT2D eigenvalue weighted by molar-refractivity contribution is -0.116. The van der Waals surface area contributed by atoms with Crippen molar-refractivity contribution in [1.82, 2.24) is 14.8 Å². The van der Waals surface area contributed by atoms with E-state index < -0.39 is 0 Å². The first-order chi connectivity index (χ1) is 12.0. The number of amides is 1. The summed E-state index contributed by atoms with van der Waals surface area (Å²) in [4.78, 5) is 12.2. The van der Waals surface area contributed by atoms with Gasteiger partial charge in [0.15, 0.2) is 10.6 Å². The number of carbonyl (C=O) groups excluding carboxylic acids is 1. The van der Waals surface area contributed by atoms with Crippen LogP contribution in [-0.4, -0.2) is 25.8 Å². The van der Waals surface area contributed by atoms with Gasteiger partial charge in [0.05, 0.1) is 5.69 Å². The smallest absolute Gasteiger partial charge is 0.226 e. The molecule has 6 nitrogen and oxygen atoms in total. The van der Waals surface area contributed by atoms with Gasteiger partial charge in [0.1, 0.15) is 5.75 Å². The molecule has 1 aromatic heterocycles. The van der Waals surface area contributed by atoms with Gasteiger partial charge < -0.3 is 10.4 Å². The fraction of sp³-hybridized carbons (Fsp3) is 0.167. The molecule has 0 aliphatic heterocycles. The predicted molar refractivity (Wildman–Crippen MR) is 98.9 cm³/mol. The number of aromatic hydroxyl groups is 1. The van der Waals surface area contributed by atoms with Crippen LogP contribution in [0.3, 0.4) is 0 Å². The average molecular weight is 354 g/mol. The zero-order valence-corrected chi connectivity index (χ0v) is 14.5. The Balaban J connectivity index is 1.74. The highest BCUT2D eigenvalue weighted by molar-refractivity contribution is 7.71. The zero-order chi connectivity index (χ0) is 17.8. The van der Waals surface area contributed by atoms with Crippen LogP contribution in [-0.2, 0) is 11.3 Å². The van der Waals surface area contributed by atoms with Crippen molar-refractivity contribution in [3.05, 3.63) is 58.9 Å². The number of nitrogens with one attached hydrogen (secondary N) is 2. The first-order valence-corrected chi connectivity index (χ1v) is 8.25. The molecule has 7 heteroatoms. The lowest BCUT2D eigenvalue weighted by Crippen LogP contribution is -2.15. The van der Waals surface area contributed by atoms with E-state index in [2.05, 4.69) is 15.5 Å². The van der Waals surface area contributed by atoms with Crippen LogP contribution in [0.1, 0.15) is 12.0 Å². The molecule has 25 heavy (non-hydrogen) atoms. The summed E-state index contributed by atoms with van der Waals surface area (Å²) in [6.07, 6.45) is 0.209. The Morgan fingerprint density at radius 2 is 2.08 bits per heavy atom. The second-order valence-electron chi connectivity index (χ2n) is 5.69. The van der Waals surface area contributed by atoms with Gasteiger partial charge in [-0.15, -0.1) is 0 Å². The van der Waals surface area contributed by atoms with E-state index in [0.717, 1.165) is 11.1 Å². The number of hydrogen-bond acceptors (Lipinski definition) is 4. The molecule has 3 aromatic rings. The van der Waals surface area contributed by atoms with Crippen molar-refractivity contribution in [2.75, 3.05) is 5.32 Å². The van der Waals surface area contributed by atoms with E-state index >= 15 is 0 Å². The molecule has 1 heterocycles. The molecule has 0 atom stereocenters. The Morgan fingerprint density at radius 3 is 2.84 bits per heavy atom. The molecule has 3 rings (SSSR count). The Morgan fingerprint density at radius 1 is 1.28 bits per heavy atom. The van der Waals surface area contributed by atoms with Crippen LogP contribution in [0, 0.1) is 11.7 Å². The van der Waals surface area contributed by atoms with Gasteiger partial charge >= 0.3 is 0 Å². The topological polar surface area (TPSA) is 82.9 Å². The van der Waals surface area contributed by atoms with Gasteiger partial charge in [-0.3, -0.25) is 14.5 Å². The van der Waals surface area contributed by atoms with Crippen LogP contribution < -0.4 is 5.32 Å². The number of anilines is 1. The number of para-hydroxylation sites is 2. The summed E-state index contributed by atoms with van der Waals surface area (Å²) in [5.74, 6) is 0.528. The number of benzene rings is 2. The lowest BCUT2D eigenvalue weighted by atomic mass is 10.1. The maximum atomic E-state index is 12.2. The molecule has 1 amide bonds. The maximum Gasteiger partial charge on any atom is 0.226 e. The number of hydrogen-bond donors (Lipinski definition) is 3. The monoisotopic (exact) mass is 354 g/mol. The number of phenolic OH excluding ortho intramolecular Hbond substituents is 1. The molecule has 0 bridgehead atoms. The van der Waals surface area contributed by atoms with E-state index in [9.17, 15) is 9.90 Å². The number of phenols is 1. The van der Waals surface area contributed by atoms with Gasteiger partial charge in [-0.05, 0) is 37.3 Å². The van der Waals surface area contributed by atoms with Gasteiger partial charge in [-0.1, -0.05) is 35.9 Å². The van der Waals surface area contributed by atoms with Crippen molar-refractivity contribution in [2.24, 2.45) is 0 Å². The zero-order valence-electron chi connectivity index (χ0n) is 13.7. The summed E-state index contributed by atoms with van der Waals surface area (Å²) in [5.41, 5.74) is 2.45. The number of nitrogens with zero attached hydrogens (tertiary/aromatic N) is 2. The van der Waals surface area contributed by atoms with E-state index in [0.29, 0.717) is 22.8 Å². The van der Waals surface area contributed by atoms with E-state index in [1.165, 1.54) is 6.07 Å². The normalized spacial score (nSPS) is 10.6. The highest BCUT2D eigenvalue weighted by Gasteiger charge is 2.11. The predicted octanol–water partition coefficient (Wildman–Crippen LogP) is 3.65. The molecule has 128 valence electrons. The van der Waals surface area contributed by atoms with Gasteiger partial charge in [-0.25, -0.2) is 0 Å². The fourth-order valence-electron chi connectivity index (χ4n) is 2.54. The third-order valence-electron chi connectivity index (χ3n) is 3.78. The van der Waals surface area contributed by atoms with Gasteiger partial charge in [-0.2, -0.15) is 5.10 Å². The number of aromatic amines is 1. The van der Waals surface area contributed by atoms with E-state index in [4.69, 9.17) is 12.2 Å². The van der Waals surface area contributed by atoms with Crippen LogP contribution in [0.4, 0.5) is 5.69 Å². The number of aromatic nitrogens is 3. The highest BCUT2D eigenvalue weighted by atomic mass is 32.1. The Labute approximate surface area is 150 Å². The van der Waals surface area contributed by atoms with Gasteiger partial charge in [0.25, 0.3) is 0 Å². The summed E-state index contributed by atoms with van der Waals surface area (Å²) in [7, 11) is 0. The van der Waals surface area contributed by atoms with Gasteiger partial charge in [0, 0.05) is 18.5 Å². The molecular weight excluding hydrogens is 336 g/mol. The van der Waals surface area contributed by atoms with Gasteiger partial charge in [0.2, 0.25) is 5.91 Å². The van der Waals surface area contributed by atoms with Crippen molar-refractivity contribution in [2.45, 2.75) is 19.9 Å². The van der Waals surface area contributed by atoms with Crippen LogP contribution in [0.15, 0.2) is 48.5 Å². The average Bonchev–Trinajstić information content (AvgIpc) is 2.96. The van der Waals surface area contributed by atoms with E-state index in [1.807, 2.05) is 31.2 Å². The van der Waals surface area contributed by atoms with Crippen molar-refractivity contribution in [3.8, 4) is 17.1 Å². The number of H-pyrrole nitrogens is 1. The Bertz CT molecular complexity index is 961. The standard InChI is InChI=1S/C18H18N4O2S/c1-12-5-4-6-13(11-12)17-20-21-18(25)22(17)10-9-16(24)19-14-7-2-3-8-15(14)23/h2-8,11,23H,9-10H2,1H3,(H,19,24)(H,21,25). The minimum Gasteiger partial charge on any atom is -0.506 e. The summed E-state index contributed by atoms with van der Waals surface area (Å²) < 4.78 is 2.26. The molecular formula is C18H18N4O2S. The molecule has 0 spiro atoms. The highest BCUT2D eigenvalue weighted by Crippen LogP contribution is 2.22. The second kappa shape index (κ2) is 7.31. The number of carbonyl (C=O) groups is 1. The van der Waals surface area contributed by atoms with Crippen molar-refractivity contribution < 1.29 is 9.90 Å². The lowest BCUT2D eigenvalue weighted by Gasteiger charge is -2.09. The molecule has 0 unspecified atom stereocenters. The van der Waals surface area contributed by atoms with Crippen LogP contribution >= 0.6 is 12.2 Å². The van der Waals surface area contributed by atoms with Crippen molar-refractivity contribution >= 4 is 23.8 Å². The Hall–Kier alpha value is -2.93. The summed E-state index contributed by atoms with van der Waals surface area (Å²) in [6.45, 7) is 2.40. The summed E-state index contributed by atoms with van der Waals surface area (Å²) >= 11 is 5.28. The Kier molecular flexibility index (Phi) is 4.95. The second-order valence-corrected chi connectivity index (χ2v) is 6.08. The SMILES string of the molecule is Cc1cccc(-c2n[nH]c(=S)n2CCC(=O)Nc2ccccc2O)c1. The molecule has 0 fully saturated rings. The maximum absolute atomic E-state index is 12.2. The summed E-state index contributed by atoms with van der Waals surface area (Å²) in [5, 5.41) is 19.5. The fourth-order valence-corrected chi connectivity index (χ4v) is 2.76. The quantitative estimate of drug-likeness (QED) is 0.482. The third kappa shape index (κ3) is 3.95. The van der Waals surface area contributed by atoms with Crippen LogP contribution in [0.25, 0.3) is 11.4 Å². The van der Waals surface area contributed by atoms with Crippen LogP contribution in [0.5, 0.6) is 5.75 Å². The summed E-state index contributed by atoms with van der Waals surface area (Å²) in [6, 6.07) is 14.6. The molecule has 0 saturated heterocycles. The van der Waals surface area contributed by atoms with E-state index in [1.54, 1.807) is 22.8 Å².